The number of carboxylic acids is 2. The van der Waals surface area contributed by atoms with Gasteiger partial charge in [-0.15, -0.1) is 0 Å². The van der Waals surface area contributed by atoms with E-state index < -0.39 is 17.9 Å². The number of carboxylic acid groups (broad SMARTS) is 2. The Labute approximate surface area is 95.3 Å². The second-order valence-electron chi connectivity index (χ2n) is 3.56. The molecule has 0 heterocycles. The molecule has 0 fully saturated rings. The summed E-state index contributed by atoms with van der Waals surface area (Å²) in [5.74, 6) is -2.40. The Morgan fingerprint density at radius 2 is 1.69 bits per heavy atom. The first kappa shape index (κ1) is 14.4. The van der Waals surface area contributed by atoms with Gasteiger partial charge in [-0.05, 0) is 12.3 Å². The van der Waals surface area contributed by atoms with Crippen molar-refractivity contribution in [3.8, 4) is 0 Å². The van der Waals surface area contributed by atoms with E-state index in [1.807, 2.05) is 12.2 Å². The fourth-order valence-corrected chi connectivity index (χ4v) is 1.22. The maximum Gasteiger partial charge on any atom is 0.303 e. The van der Waals surface area contributed by atoms with Gasteiger partial charge in [-0.2, -0.15) is 0 Å². The van der Waals surface area contributed by atoms with Gasteiger partial charge in [-0.25, -0.2) is 0 Å². The van der Waals surface area contributed by atoms with E-state index in [2.05, 4.69) is 6.92 Å². The van der Waals surface area contributed by atoms with Crippen molar-refractivity contribution in [1.82, 2.24) is 0 Å². The Morgan fingerprint density at radius 3 is 2.12 bits per heavy atom. The van der Waals surface area contributed by atoms with Crippen LogP contribution in [-0.2, 0) is 9.59 Å². The second-order valence-corrected chi connectivity index (χ2v) is 3.56. The van der Waals surface area contributed by atoms with Crippen LogP contribution in [0, 0.1) is 5.92 Å². The lowest BCUT2D eigenvalue weighted by atomic mass is 10.0. The van der Waals surface area contributed by atoms with Gasteiger partial charge in [0.2, 0.25) is 0 Å². The highest BCUT2D eigenvalue weighted by Gasteiger charge is 2.13. The van der Waals surface area contributed by atoms with Crippen LogP contribution in [-0.4, -0.2) is 22.2 Å². The van der Waals surface area contributed by atoms with Gasteiger partial charge in [0.25, 0.3) is 0 Å². The molecule has 0 bridgehead atoms. The maximum atomic E-state index is 10.5. The van der Waals surface area contributed by atoms with E-state index in [1.54, 1.807) is 12.2 Å². The quantitative estimate of drug-likeness (QED) is 0.623. The van der Waals surface area contributed by atoms with E-state index in [0.717, 1.165) is 12.8 Å². The third kappa shape index (κ3) is 8.99. The first-order chi connectivity index (χ1) is 7.56. The summed E-state index contributed by atoms with van der Waals surface area (Å²) < 4.78 is 0. The molecule has 0 rings (SSSR count). The average Bonchev–Trinajstić information content (AvgIpc) is 2.15. The highest BCUT2D eigenvalue weighted by Crippen LogP contribution is 2.10. The molecule has 4 nitrogen and oxygen atoms in total. The van der Waals surface area contributed by atoms with Gasteiger partial charge in [-0.3, -0.25) is 9.59 Å². The van der Waals surface area contributed by atoms with Crippen LogP contribution >= 0.6 is 0 Å². The van der Waals surface area contributed by atoms with E-state index in [9.17, 15) is 9.59 Å². The van der Waals surface area contributed by atoms with Crippen molar-refractivity contribution >= 4 is 11.9 Å². The fourth-order valence-electron chi connectivity index (χ4n) is 1.22. The minimum Gasteiger partial charge on any atom is -0.481 e. The summed E-state index contributed by atoms with van der Waals surface area (Å²) in [6.07, 6.45) is 8.86. The van der Waals surface area contributed by atoms with Crippen molar-refractivity contribution in [2.75, 3.05) is 0 Å². The van der Waals surface area contributed by atoms with Crippen LogP contribution in [0.15, 0.2) is 24.3 Å². The number of hydrogen-bond donors (Lipinski definition) is 2. The van der Waals surface area contributed by atoms with Gasteiger partial charge in [0.1, 0.15) is 0 Å². The van der Waals surface area contributed by atoms with Crippen LogP contribution in [0.1, 0.15) is 32.6 Å². The smallest absolute Gasteiger partial charge is 0.303 e. The first-order valence-corrected chi connectivity index (χ1v) is 5.33. The molecule has 0 spiro atoms. The van der Waals surface area contributed by atoms with E-state index in [0.29, 0.717) is 0 Å². The summed E-state index contributed by atoms with van der Waals surface area (Å²) in [6, 6.07) is 0. The van der Waals surface area contributed by atoms with E-state index in [1.165, 1.54) is 0 Å². The molecular weight excluding hydrogens is 208 g/mol. The van der Waals surface area contributed by atoms with Gasteiger partial charge in [0.05, 0.1) is 12.8 Å². The zero-order valence-electron chi connectivity index (χ0n) is 9.43. The summed E-state index contributed by atoms with van der Waals surface area (Å²) in [6.45, 7) is 2.06. The lowest BCUT2D eigenvalue weighted by Gasteiger charge is -2.05. The second kappa shape index (κ2) is 8.71. The third-order valence-electron chi connectivity index (χ3n) is 1.96. The zero-order chi connectivity index (χ0) is 12.4. The SMILES string of the molecule is CCCC=CC=CC(CC(=O)O)CC(=O)O. The highest BCUT2D eigenvalue weighted by molar-refractivity contribution is 5.71. The number of carbonyl (C=O) groups is 2. The van der Waals surface area contributed by atoms with Crippen molar-refractivity contribution in [2.45, 2.75) is 32.6 Å². The molecule has 0 radical (unpaired) electrons. The highest BCUT2D eigenvalue weighted by atomic mass is 16.4. The Hall–Kier alpha value is -1.58. The topological polar surface area (TPSA) is 74.6 Å². The Balaban J connectivity index is 4.18. The predicted molar refractivity (Wildman–Crippen MR) is 61.2 cm³/mol. The number of unbranched alkanes of at least 4 members (excludes halogenated alkanes) is 1. The molecule has 0 saturated heterocycles. The monoisotopic (exact) mass is 226 g/mol. The number of hydrogen-bond acceptors (Lipinski definition) is 2. The maximum absolute atomic E-state index is 10.5. The van der Waals surface area contributed by atoms with Crippen molar-refractivity contribution in [1.29, 1.82) is 0 Å². The fraction of sp³-hybridized carbons (Fsp3) is 0.500. The molecule has 0 aromatic rings. The van der Waals surface area contributed by atoms with Gasteiger partial charge in [0, 0.05) is 0 Å². The van der Waals surface area contributed by atoms with Gasteiger partial charge < -0.3 is 10.2 Å². The van der Waals surface area contributed by atoms with E-state index >= 15 is 0 Å². The van der Waals surface area contributed by atoms with E-state index in [-0.39, 0.29) is 12.8 Å². The Bertz CT molecular complexity index is 263. The largest absolute Gasteiger partial charge is 0.481 e. The molecule has 90 valence electrons. The van der Waals surface area contributed by atoms with Crippen LogP contribution < -0.4 is 0 Å². The van der Waals surface area contributed by atoms with Crippen molar-refractivity contribution in [3.63, 3.8) is 0 Å². The molecule has 0 aromatic heterocycles. The molecule has 2 N–H and O–H groups in total. The van der Waals surface area contributed by atoms with Crippen LogP contribution in [0.2, 0.25) is 0 Å². The molecule has 0 aromatic carbocycles. The lowest BCUT2D eigenvalue weighted by molar-refractivity contribution is -0.139. The van der Waals surface area contributed by atoms with Crippen molar-refractivity contribution in [2.24, 2.45) is 5.92 Å². The number of allylic oxidation sites excluding steroid dienone is 4. The summed E-state index contributed by atoms with van der Waals surface area (Å²) in [7, 11) is 0. The average molecular weight is 226 g/mol. The molecule has 0 amide bonds. The van der Waals surface area contributed by atoms with Crippen LogP contribution in [0.25, 0.3) is 0 Å². The summed E-state index contributed by atoms with van der Waals surface area (Å²) >= 11 is 0. The van der Waals surface area contributed by atoms with Gasteiger partial charge in [-0.1, -0.05) is 37.6 Å². The summed E-state index contributed by atoms with van der Waals surface area (Å²) in [5.41, 5.74) is 0. The van der Waals surface area contributed by atoms with Gasteiger partial charge in [0.15, 0.2) is 0 Å². The number of rotatable bonds is 8. The predicted octanol–water partition coefficient (Wildman–Crippen LogP) is 2.46. The van der Waals surface area contributed by atoms with Crippen molar-refractivity contribution in [3.05, 3.63) is 24.3 Å². The minimum atomic E-state index is -0.978. The standard InChI is InChI=1S/C12H18O4/c1-2-3-4-5-6-7-10(8-11(13)14)9-12(15)16/h4-7,10H,2-3,8-9H2,1H3,(H,13,14)(H,15,16). The minimum absolute atomic E-state index is 0.148. The Kier molecular flexibility index (Phi) is 7.85. The third-order valence-corrected chi connectivity index (χ3v) is 1.96. The molecule has 16 heavy (non-hydrogen) atoms. The Morgan fingerprint density at radius 1 is 1.12 bits per heavy atom. The molecule has 0 saturated carbocycles. The summed E-state index contributed by atoms with van der Waals surface area (Å²) in [5, 5.41) is 17.2. The van der Waals surface area contributed by atoms with Gasteiger partial charge >= 0.3 is 11.9 Å². The lowest BCUT2D eigenvalue weighted by Crippen LogP contribution is -2.10. The molecular formula is C12H18O4. The number of aliphatic carboxylic acids is 2. The normalized spacial score (nSPS) is 11.6. The summed E-state index contributed by atoms with van der Waals surface area (Å²) in [4.78, 5) is 21.0. The van der Waals surface area contributed by atoms with Crippen molar-refractivity contribution < 1.29 is 19.8 Å². The first-order valence-electron chi connectivity index (χ1n) is 5.33. The van der Waals surface area contributed by atoms with E-state index in [4.69, 9.17) is 10.2 Å². The van der Waals surface area contributed by atoms with Crippen LogP contribution in [0.3, 0.4) is 0 Å². The molecule has 4 heteroatoms. The molecule has 0 atom stereocenters. The molecule has 0 aliphatic heterocycles. The zero-order valence-corrected chi connectivity index (χ0v) is 9.43. The molecule has 0 aliphatic rings. The van der Waals surface area contributed by atoms with Crippen LogP contribution in [0.4, 0.5) is 0 Å². The van der Waals surface area contributed by atoms with Crippen LogP contribution in [0.5, 0.6) is 0 Å². The molecule has 0 unspecified atom stereocenters. The molecule has 0 aliphatic carbocycles.